The standard InChI is InChI=1S/C17H25F3N2O3S/c1-12-9-22(10-13(2)25-12)16(3,4)11-21-26(23,24)15-7-5-6-14(8-15)17(18,19)20/h5-8,12-13,21H,9-11H2,1-4H3. The molecule has 1 saturated heterocycles. The van der Waals surface area contributed by atoms with Gasteiger partial charge in [-0.1, -0.05) is 6.07 Å². The minimum absolute atomic E-state index is 0.0260. The van der Waals surface area contributed by atoms with E-state index in [1.54, 1.807) is 0 Å². The number of rotatable bonds is 5. The maximum atomic E-state index is 12.8. The first-order chi connectivity index (χ1) is 11.8. The van der Waals surface area contributed by atoms with Gasteiger partial charge in [-0.3, -0.25) is 4.90 Å². The predicted octanol–water partition coefficient (Wildman–Crippen LogP) is 2.87. The zero-order valence-corrected chi connectivity index (χ0v) is 16.1. The number of hydrogen-bond donors (Lipinski definition) is 1. The first-order valence-corrected chi connectivity index (χ1v) is 9.87. The highest BCUT2D eigenvalue weighted by molar-refractivity contribution is 7.89. The number of halogens is 3. The number of morpholine rings is 1. The van der Waals surface area contributed by atoms with E-state index >= 15 is 0 Å². The molecule has 5 nitrogen and oxygen atoms in total. The summed E-state index contributed by atoms with van der Waals surface area (Å²) in [5, 5.41) is 0. The van der Waals surface area contributed by atoms with Crippen molar-refractivity contribution in [3.05, 3.63) is 29.8 Å². The fraction of sp³-hybridized carbons (Fsp3) is 0.647. The van der Waals surface area contributed by atoms with Crippen LogP contribution >= 0.6 is 0 Å². The van der Waals surface area contributed by atoms with E-state index in [1.165, 1.54) is 0 Å². The lowest BCUT2D eigenvalue weighted by Gasteiger charge is -2.45. The molecule has 0 bridgehead atoms. The smallest absolute Gasteiger partial charge is 0.373 e. The monoisotopic (exact) mass is 394 g/mol. The average Bonchev–Trinajstić information content (AvgIpc) is 2.52. The van der Waals surface area contributed by atoms with Crippen LogP contribution in [0, 0.1) is 0 Å². The van der Waals surface area contributed by atoms with Crippen molar-refractivity contribution in [2.75, 3.05) is 19.6 Å². The van der Waals surface area contributed by atoms with Crippen molar-refractivity contribution in [3.8, 4) is 0 Å². The lowest BCUT2D eigenvalue weighted by Crippen LogP contribution is -2.58. The summed E-state index contributed by atoms with van der Waals surface area (Å²) >= 11 is 0. The quantitative estimate of drug-likeness (QED) is 0.834. The van der Waals surface area contributed by atoms with E-state index in [0.717, 1.165) is 18.2 Å². The molecule has 0 radical (unpaired) electrons. The topological polar surface area (TPSA) is 58.6 Å². The molecule has 1 heterocycles. The number of ether oxygens (including phenoxy) is 1. The molecular weight excluding hydrogens is 369 g/mol. The number of alkyl halides is 3. The van der Waals surface area contributed by atoms with Gasteiger partial charge in [0.05, 0.1) is 22.7 Å². The van der Waals surface area contributed by atoms with Crippen molar-refractivity contribution in [1.82, 2.24) is 9.62 Å². The molecule has 0 amide bonds. The molecule has 0 saturated carbocycles. The Balaban J connectivity index is 2.12. The number of sulfonamides is 1. The highest BCUT2D eigenvalue weighted by Crippen LogP contribution is 2.30. The van der Waals surface area contributed by atoms with Gasteiger partial charge in [-0.2, -0.15) is 13.2 Å². The Labute approximate surface area is 152 Å². The molecule has 1 fully saturated rings. The van der Waals surface area contributed by atoms with E-state index < -0.39 is 32.2 Å². The van der Waals surface area contributed by atoms with Crippen LogP contribution in [-0.4, -0.2) is 50.7 Å². The number of nitrogens with zero attached hydrogens (tertiary/aromatic N) is 1. The van der Waals surface area contributed by atoms with Crippen molar-refractivity contribution in [2.24, 2.45) is 0 Å². The molecule has 1 aliphatic rings. The van der Waals surface area contributed by atoms with Crippen LogP contribution < -0.4 is 4.72 Å². The van der Waals surface area contributed by atoms with Crippen LogP contribution in [0.15, 0.2) is 29.2 Å². The molecule has 2 unspecified atom stereocenters. The van der Waals surface area contributed by atoms with Crippen molar-refractivity contribution in [3.63, 3.8) is 0 Å². The second-order valence-electron chi connectivity index (χ2n) is 7.32. The van der Waals surface area contributed by atoms with Crippen molar-refractivity contribution in [1.29, 1.82) is 0 Å². The molecular formula is C17H25F3N2O3S. The molecule has 9 heteroatoms. The molecule has 2 rings (SSSR count). The summed E-state index contributed by atoms with van der Waals surface area (Å²) in [6, 6.07) is 3.74. The highest BCUT2D eigenvalue weighted by Gasteiger charge is 2.35. The summed E-state index contributed by atoms with van der Waals surface area (Å²) in [4.78, 5) is 1.73. The molecule has 1 aliphatic heterocycles. The second kappa shape index (κ2) is 7.46. The van der Waals surface area contributed by atoms with Crippen molar-refractivity contribution >= 4 is 10.0 Å². The van der Waals surface area contributed by atoms with E-state index in [9.17, 15) is 21.6 Å². The Morgan fingerprint density at radius 3 is 2.31 bits per heavy atom. The molecule has 2 atom stereocenters. The Morgan fingerprint density at radius 2 is 1.77 bits per heavy atom. The third kappa shape index (κ3) is 5.18. The van der Waals surface area contributed by atoms with Gasteiger partial charge in [-0.15, -0.1) is 0 Å². The SMILES string of the molecule is CC1CN(C(C)(C)CNS(=O)(=O)c2cccc(C(F)(F)F)c2)CC(C)O1. The van der Waals surface area contributed by atoms with Crippen LogP contribution in [0.2, 0.25) is 0 Å². The third-order valence-electron chi connectivity index (χ3n) is 4.44. The lowest BCUT2D eigenvalue weighted by atomic mass is 10.0. The van der Waals surface area contributed by atoms with Gasteiger partial charge in [0.15, 0.2) is 0 Å². The summed E-state index contributed by atoms with van der Waals surface area (Å²) in [6.45, 7) is 9.08. The summed E-state index contributed by atoms with van der Waals surface area (Å²) < 4.78 is 71.5. The fourth-order valence-electron chi connectivity index (χ4n) is 2.98. The van der Waals surface area contributed by atoms with E-state index in [-0.39, 0.29) is 18.8 Å². The van der Waals surface area contributed by atoms with Gasteiger partial charge in [0.1, 0.15) is 0 Å². The van der Waals surface area contributed by atoms with E-state index in [1.807, 2.05) is 27.7 Å². The normalized spacial score (nSPS) is 23.2. The van der Waals surface area contributed by atoms with E-state index in [4.69, 9.17) is 4.74 Å². The number of nitrogens with one attached hydrogen (secondary N) is 1. The maximum absolute atomic E-state index is 12.8. The van der Waals surface area contributed by atoms with Crippen LogP contribution in [0.3, 0.4) is 0 Å². The Kier molecular flexibility index (Phi) is 6.06. The van der Waals surface area contributed by atoms with E-state index in [0.29, 0.717) is 19.2 Å². The zero-order chi connectivity index (χ0) is 19.8. The molecule has 1 aromatic carbocycles. The minimum atomic E-state index is -4.59. The van der Waals surface area contributed by atoms with Crippen LogP contribution in [-0.2, 0) is 20.9 Å². The maximum Gasteiger partial charge on any atom is 0.416 e. The zero-order valence-electron chi connectivity index (χ0n) is 15.3. The summed E-state index contributed by atoms with van der Waals surface area (Å²) in [7, 11) is -4.05. The average molecular weight is 394 g/mol. The lowest BCUT2D eigenvalue weighted by molar-refractivity contribution is -0.137. The first kappa shape index (κ1) is 21.1. The Morgan fingerprint density at radius 1 is 1.19 bits per heavy atom. The van der Waals surface area contributed by atoms with Gasteiger partial charge < -0.3 is 4.74 Å². The van der Waals surface area contributed by atoms with Crippen LogP contribution in [0.1, 0.15) is 33.3 Å². The van der Waals surface area contributed by atoms with Gasteiger partial charge in [-0.05, 0) is 45.9 Å². The minimum Gasteiger partial charge on any atom is -0.373 e. The largest absolute Gasteiger partial charge is 0.416 e. The predicted molar refractivity (Wildman–Crippen MR) is 92.3 cm³/mol. The molecule has 26 heavy (non-hydrogen) atoms. The fourth-order valence-corrected chi connectivity index (χ4v) is 4.23. The molecule has 0 aromatic heterocycles. The summed E-state index contributed by atoms with van der Waals surface area (Å²) in [5.74, 6) is 0. The van der Waals surface area contributed by atoms with Gasteiger partial charge in [0, 0.05) is 25.2 Å². The molecule has 0 spiro atoms. The number of hydrogen-bond acceptors (Lipinski definition) is 4. The molecule has 0 aliphatic carbocycles. The summed E-state index contributed by atoms with van der Waals surface area (Å²) in [6.07, 6.45) is -4.54. The highest BCUT2D eigenvalue weighted by atomic mass is 32.2. The number of benzene rings is 1. The molecule has 148 valence electrons. The Hall–Kier alpha value is -1.16. The third-order valence-corrected chi connectivity index (χ3v) is 5.84. The van der Waals surface area contributed by atoms with Gasteiger partial charge in [0.25, 0.3) is 0 Å². The van der Waals surface area contributed by atoms with Crippen LogP contribution in [0.25, 0.3) is 0 Å². The van der Waals surface area contributed by atoms with Gasteiger partial charge >= 0.3 is 6.18 Å². The molecule has 1 N–H and O–H groups in total. The Bertz CT molecular complexity index is 725. The molecule has 1 aromatic rings. The first-order valence-electron chi connectivity index (χ1n) is 8.39. The van der Waals surface area contributed by atoms with E-state index in [2.05, 4.69) is 9.62 Å². The van der Waals surface area contributed by atoms with Gasteiger partial charge in [-0.25, -0.2) is 13.1 Å². The van der Waals surface area contributed by atoms with Crippen molar-refractivity contribution in [2.45, 2.75) is 56.5 Å². The van der Waals surface area contributed by atoms with Crippen LogP contribution in [0.5, 0.6) is 0 Å². The second-order valence-corrected chi connectivity index (χ2v) is 9.09. The van der Waals surface area contributed by atoms with Crippen LogP contribution in [0.4, 0.5) is 13.2 Å². The van der Waals surface area contributed by atoms with Crippen molar-refractivity contribution < 1.29 is 26.3 Å². The summed E-state index contributed by atoms with van der Waals surface area (Å²) in [5.41, 5.74) is -1.50. The van der Waals surface area contributed by atoms with Gasteiger partial charge in [0.2, 0.25) is 10.0 Å².